The minimum Gasteiger partial charge on any atom is -0.478 e. The van der Waals surface area contributed by atoms with Gasteiger partial charge in [-0.2, -0.15) is 0 Å². The van der Waals surface area contributed by atoms with Gasteiger partial charge >= 0.3 is 24.0 Å². The number of nitrogens with one attached hydrogen (secondary N) is 4. The van der Waals surface area contributed by atoms with Crippen LogP contribution in [0, 0.1) is 29.1 Å². The zero-order chi connectivity index (χ0) is 57.1. The third-order valence-electron chi connectivity index (χ3n) is 9.76. The Bertz CT molecular complexity index is 3150. The summed E-state index contributed by atoms with van der Waals surface area (Å²) in [6.45, 7) is 3.28. The van der Waals surface area contributed by atoms with Gasteiger partial charge in [-0.05, 0) is 155 Å². The average Bonchev–Trinajstić information content (AvgIpc) is 4.12. The lowest BCUT2D eigenvalue weighted by molar-refractivity contribution is 0.0696. The lowest BCUT2D eigenvalue weighted by Crippen LogP contribution is -2.46. The van der Waals surface area contributed by atoms with Crippen LogP contribution in [0.15, 0.2) is 118 Å². The van der Waals surface area contributed by atoms with Crippen molar-refractivity contribution >= 4 is 105 Å². The third kappa shape index (κ3) is 19.2. The molecule has 2 aromatic heterocycles. The number of aromatic nitrogens is 4. The molecule has 1 aliphatic rings. The van der Waals surface area contributed by atoms with Crippen LogP contribution in [0.4, 0.5) is 44.5 Å². The standard InChI is InChI=1S/C14H18FN5O.C10H11BrFN3O2.C10H9BrFN3O.C7H6BrFN2O.C7H4BrFO2/c1-19(2)14-18-17-13(21-14)10-3-4-11(15)12(9-10)20-7-5-16-6-8-20;1-15(2)10(17)14-13-9(16)6-3-4-8(12)7(11)5-6;1-15(2)10-14-13-9(16-10)6-3-4-8(12)7(11)5-6;8-5-3-4(7(12)11-10)1-2-6(5)9;8-5-3-4(7(10)11)1-2-6(5)9/h3-4,9,16H,5-8H2,1-2H3;3-5H,1-2H3,(H,13,16)(H,14,17);3-5H,1-2H3;1-3H,10H2,(H,11,12);1-3H,(H,10,11). The van der Waals surface area contributed by atoms with E-state index in [9.17, 15) is 41.1 Å². The Morgan fingerprint density at radius 1 is 0.571 bits per heavy atom. The summed E-state index contributed by atoms with van der Waals surface area (Å²) in [5.41, 5.74) is 8.94. The molecule has 0 radical (unpaired) electrons. The van der Waals surface area contributed by atoms with E-state index in [0.29, 0.717) is 45.1 Å². The number of halogens is 9. The van der Waals surface area contributed by atoms with Crippen molar-refractivity contribution in [1.29, 1.82) is 0 Å². The first-order chi connectivity index (χ1) is 36.4. The molecule has 0 spiro atoms. The molecule has 0 saturated carbocycles. The van der Waals surface area contributed by atoms with Crippen LogP contribution in [0.5, 0.6) is 0 Å². The smallest absolute Gasteiger partial charge is 0.335 e. The highest BCUT2D eigenvalue weighted by Gasteiger charge is 2.19. The van der Waals surface area contributed by atoms with E-state index in [2.05, 4.69) is 100 Å². The average molecular weight is 1330 g/mol. The molecule has 0 unspecified atom stereocenters. The van der Waals surface area contributed by atoms with Crippen molar-refractivity contribution in [1.82, 2.24) is 46.9 Å². The van der Waals surface area contributed by atoms with Crippen LogP contribution < -0.4 is 42.1 Å². The number of carboxylic acids is 1. The number of rotatable bonds is 8. The molecule has 1 aliphatic heterocycles. The molecule has 1 saturated heterocycles. The van der Waals surface area contributed by atoms with E-state index in [4.69, 9.17) is 19.8 Å². The highest BCUT2D eigenvalue weighted by atomic mass is 79.9. The number of piperazine rings is 1. The van der Waals surface area contributed by atoms with Crippen LogP contribution in [0.3, 0.4) is 0 Å². The quantitative estimate of drug-likeness (QED) is 0.0359. The monoisotopic (exact) mass is 1330 g/mol. The highest BCUT2D eigenvalue weighted by Crippen LogP contribution is 2.29. The third-order valence-corrected chi connectivity index (χ3v) is 12.2. The second kappa shape index (κ2) is 30.0. The van der Waals surface area contributed by atoms with Crippen LogP contribution in [0.1, 0.15) is 31.1 Å². The molecule has 29 heteroatoms. The Hall–Kier alpha value is -7.05. The molecular weight excluding hydrogens is 1290 g/mol. The predicted molar refractivity (Wildman–Crippen MR) is 291 cm³/mol. The van der Waals surface area contributed by atoms with Gasteiger partial charge in [0.05, 0.1) is 29.1 Å². The summed E-state index contributed by atoms with van der Waals surface area (Å²) in [6, 6.07) is 21.0. The number of nitrogens with two attached hydrogens (primary N) is 1. The number of carbonyl (C=O) groups excluding carboxylic acids is 3. The summed E-state index contributed by atoms with van der Waals surface area (Å²) in [5, 5.41) is 27.4. The second-order valence-corrected chi connectivity index (χ2v) is 19.5. The predicted octanol–water partition coefficient (Wildman–Crippen LogP) is 9.04. The molecule has 0 atom stereocenters. The van der Waals surface area contributed by atoms with Crippen molar-refractivity contribution in [3.63, 3.8) is 0 Å². The van der Waals surface area contributed by atoms with Gasteiger partial charge in [0.15, 0.2) is 0 Å². The summed E-state index contributed by atoms with van der Waals surface area (Å²) in [7, 11) is 10.3. The van der Waals surface area contributed by atoms with Gasteiger partial charge in [0.25, 0.3) is 11.8 Å². The molecule has 8 rings (SSSR count). The summed E-state index contributed by atoms with van der Waals surface area (Å²) in [5.74, 6) is 1.72. The molecule has 4 amide bonds. The van der Waals surface area contributed by atoms with Crippen LogP contribution in [0.2, 0.25) is 0 Å². The first-order valence-corrected chi connectivity index (χ1v) is 25.2. The lowest BCUT2D eigenvalue weighted by atomic mass is 10.1. The molecule has 0 bridgehead atoms. The molecule has 1 fully saturated rings. The normalized spacial score (nSPS) is 11.4. The van der Waals surface area contributed by atoms with Gasteiger partial charge in [-0.15, -0.1) is 10.2 Å². The zero-order valence-electron chi connectivity index (χ0n) is 41.4. The molecule has 3 heterocycles. The van der Waals surface area contributed by atoms with Gasteiger partial charge in [-0.25, -0.2) is 42.8 Å². The van der Waals surface area contributed by atoms with Crippen LogP contribution in [-0.2, 0) is 0 Å². The number of aromatic carboxylic acids is 1. The zero-order valence-corrected chi connectivity index (χ0v) is 47.8. The number of carboxylic acid groups (broad SMARTS) is 1. The summed E-state index contributed by atoms with van der Waals surface area (Å²) in [6.07, 6.45) is 0. The Morgan fingerprint density at radius 3 is 1.38 bits per heavy atom. The number of urea groups is 1. The van der Waals surface area contributed by atoms with Crippen molar-refractivity contribution in [2.24, 2.45) is 5.84 Å². The number of amides is 4. The number of nitrogen functional groups attached to an aromatic ring is 1. The Balaban J connectivity index is 0.000000212. The Labute approximate surface area is 471 Å². The van der Waals surface area contributed by atoms with Gasteiger partial charge in [0.2, 0.25) is 11.8 Å². The maximum Gasteiger partial charge on any atom is 0.335 e. The van der Waals surface area contributed by atoms with Crippen molar-refractivity contribution < 1.29 is 55.1 Å². The van der Waals surface area contributed by atoms with Crippen molar-refractivity contribution in [3.8, 4) is 22.9 Å². The lowest BCUT2D eigenvalue weighted by Gasteiger charge is -2.29. The Kier molecular flexibility index (Phi) is 24.4. The van der Waals surface area contributed by atoms with E-state index in [1.807, 2.05) is 24.4 Å². The van der Waals surface area contributed by atoms with E-state index in [1.54, 1.807) is 48.2 Å². The molecule has 7 N–H and O–H groups in total. The summed E-state index contributed by atoms with van der Waals surface area (Å²) >= 11 is 11.9. The van der Waals surface area contributed by atoms with Crippen LogP contribution >= 0.6 is 63.7 Å². The highest BCUT2D eigenvalue weighted by molar-refractivity contribution is 9.11. The molecule has 5 aromatic carbocycles. The van der Waals surface area contributed by atoms with E-state index in [1.165, 1.54) is 73.6 Å². The number of nitrogens with zero attached hydrogens (tertiary/aromatic N) is 8. The minimum atomic E-state index is -1.06. The second-order valence-electron chi connectivity index (χ2n) is 16.0. The SMILES string of the molecule is CN(C)C(=O)NNC(=O)c1ccc(F)c(Br)c1.CN(C)c1nnc(-c2ccc(F)c(Br)c2)o1.CN(C)c1nnc(-c2ccc(F)c(N3CCNCC3)c2)o1.NNC(=O)c1ccc(F)c(Br)c1.O=C(O)c1ccc(F)c(Br)c1. The molecule has 0 aliphatic carbocycles. The first-order valence-electron chi connectivity index (χ1n) is 22.0. The molecule has 7 aromatic rings. The number of anilines is 3. The van der Waals surface area contributed by atoms with Gasteiger partial charge in [-0.3, -0.25) is 20.4 Å². The summed E-state index contributed by atoms with van der Waals surface area (Å²) in [4.78, 5) is 50.6. The van der Waals surface area contributed by atoms with Gasteiger partial charge < -0.3 is 38.9 Å². The van der Waals surface area contributed by atoms with E-state index >= 15 is 0 Å². The maximum absolute atomic E-state index is 14.1. The van der Waals surface area contributed by atoms with Crippen LogP contribution in [-0.4, -0.2) is 123 Å². The number of hydrazine groups is 2. The molecular formula is C48H48Br4F5N13O7. The fourth-order valence-electron chi connectivity index (χ4n) is 5.73. The van der Waals surface area contributed by atoms with Gasteiger partial charge in [0.1, 0.15) is 29.1 Å². The fourth-order valence-corrected chi connectivity index (χ4v) is 7.25. The minimum absolute atomic E-state index is 0.0678. The number of hydrogen-bond donors (Lipinski definition) is 6. The van der Waals surface area contributed by atoms with Crippen molar-refractivity contribution in [2.45, 2.75) is 0 Å². The molecule has 410 valence electrons. The summed E-state index contributed by atoms with van der Waals surface area (Å²) < 4.78 is 77.1. The maximum atomic E-state index is 14.1. The van der Waals surface area contributed by atoms with Crippen molar-refractivity contribution in [2.75, 3.05) is 83.2 Å². The van der Waals surface area contributed by atoms with Gasteiger partial charge in [0, 0.05) is 90.7 Å². The number of benzene rings is 5. The molecule has 20 nitrogen and oxygen atoms in total. The topological polar surface area (TPSA) is 253 Å². The van der Waals surface area contributed by atoms with Crippen molar-refractivity contribution in [3.05, 3.63) is 155 Å². The fraction of sp³-hybridized carbons (Fsp3) is 0.208. The Morgan fingerprint density at radius 2 is 0.974 bits per heavy atom. The number of carbonyl (C=O) groups is 4. The van der Waals surface area contributed by atoms with Crippen LogP contribution in [0.25, 0.3) is 22.9 Å². The van der Waals surface area contributed by atoms with E-state index in [-0.39, 0.29) is 36.2 Å². The number of hydrogen-bond acceptors (Lipinski definition) is 15. The molecule has 77 heavy (non-hydrogen) atoms. The largest absolute Gasteiger partial charge is 0.478 e. The van der Waals surface area contributed by atoms with E-state index in [0.717, 1.165) is 43.9 Å². The van der Waals surface area contributed by atoms with Gasteiger partial charge in [-0.1, -0.05) is 10.2 Å². The van der Waals surface area contributed by atoms with E-state index < -0.39 is 41.3 Å². The first kappa shape index (κ1) is 62.5.